The van der Waals surface area contributed by atoms with E-state index in [1.165, 1.54) is 53.0 Å². The van der Waals surface area contributed by atoms with Crippen LogP contribution >= 0.6 is 11.3 Å². The normalized spacial score (nSPS) is 11.7. The van der Waals surface area contributed by atoms with Crippen LogP contribution in [0.25, 0.3) is 154 Å². The van der Waals surface area contributed by atoms with Gasteiger partial charge >= 0.3 is 0 Å². The summed E-state index contributed by atoms with van der Waals surface area (Å²) in [7, 11) is 0. The van der Waals surface area contributed by atoms with Gasteiger partial charge in [-0.25, -0.2) is 15.0 Å². The molecule has 0 radical (unpaired) electrons. The maximum absolute atomic E-state index is 5.53. The van der Waals surface area contributed by atoms with E-state index in [1.807, 2.05) is 11.3 Å². The highest BCUT2D eigenvalue weighted by Gasteiger charge is 2.25. The van der Waals surface area contributed by atoms with Crippen molar-refractivity contribution in [1.29, 1.82) is 0 Å². The summed E-state index contributed by atoms with van der Waals surface area (Å²) in [5.41, 5.74) is 18.4. The lowest BCUT2D eigenvalue weighted by atomic mass is 9.95. The van der Waals surface area contributed by atoms with Crippen molar-refractivity contribution in [1.82, 2.24) is 24.1 Å². The quantitative estimate of drug-likeness (QED) is 0.145. The van der Waals surface area contributed by atoms with Crippen LogP contribution in [-0.2, 0) is 0 Å². The number of thiophene rings is 1. The van der Waals surface area contributed by atoms with E-state index in [0.717, 1.165) is 83.3 Å². The first kappa shape index (κ1) is 46.6. The van der Waals surface area contributed by atoms with Gasteiger partial charge in [0.25, 0.3) is 0 Å². The van der Waals surface area contributed by atoms with Crippen LogP contribution in [0.2, 0.25) is 0 Å². The second-order valence-electron chi connectivity index (χ2n) is 20.7. The minimum atomic E-state index is 0.584. The lowest BCUT2D eigenvalue weighted by Gasteiger charge is -2.17. The van der Waals surface area contributed by atoms with Gasteiger partial charge in [-0.1, -0.05) is 206 Å². The Morgan fingerprint density at radius 1 is 0.247 bits per heavy atom. The molecule has 16 rings (SSSR count). The van der Waals surface area contributed by atoms with Gasteiger partial charge in [0.1, 0.15) is 0 Å². The van der Waals surface area contributed by atoms with Crippen LogP contribution < -0.4 is 0 Å². The first-order valence-electron chi connectivity index (χ1n) is 27.4. The van der Waals surface area contributed by atoms with E-state index in [-0.39, 0.29) is 0 Å². The van der Waals surface area contributed by atoms with E-state index >= 15 is 0 Å². The second kappa shape index (κ2) is 19.1. The van der Waals surface area contributed by atoms with Crippen LogP contribution in [0.5, 0.6) is 0 Å². The number of aromatic nitrogens is 5. The molecule has 0 N–H and O–H groups in total. The number of hydrogen-bond donors (Lipinski definition) is 0. The number of fused-ring (bicyclic) bond motifs is 9. The molecule has 0 fully saturated rings. The largest absolute Gasteiger partial charge is 0.309 e. The summed E-state index contributed by atoms with van der Waals surface area (Å²) in [6, 6.07) is 103. The molecule has 6 heteroatoms. The van der Waals surface area contributed by atoms with E-state index in [9.17, 15) is 0 Å². The van der Waals surface area contributed by atoms with Crippen LogP contribution in [0.4, 0.5) is 0 Å². The average molecular weight is 1050 g/mol. The van der Waals surface area contributed by atoms with E-state index in [0.29, 0.717) is 17.5 Å². The molecule has 0 bridgehead atoms. The number of rotatable bonds is 9. The molecule has 5 nitrogen and oxygen atoms in total. The van der Waals surface area contributed by atoms with E-state index in [2.05, 4.69) is 294 Å². The molecule has 0 aliphatic rings. The van der Waals surface area contributed by atoms with Crippen LogP contribution in [0.1, 0.15) is 0 Å². The van der Waals surface area contributed by atoms with E-state index < -0.39 is 0 Å². The molecule has 4 aromatic heterocycles. The highest BCUT2D eigenvalue weighted by Crippen LogP contribution is 2.46. The zero-order valence-electron chi connectivity index (χ0n) is 43.8. The highest BCUT2D eigenvalue weighted by atomic mass is 32.1. The number of nitrogens with zero attached hydrogens (tertiary/aromatic N) is 5. The Bertz CT molecular complexity index is 5100. The number of para-hydroxylation sites is 2. The van der Waals surface area contributed by atoms with Crippen molar-refractivity contribution in [3.63, 3.8) is 0 Å². The van der Waals surface area contributed by atoms with E-state index in [4.69, 9.17) is 15.0 Å². The van der Waals surface area contributed by atoms with Crippen molar-refractivity contribution in [3.8, 4) is 90.0 Å². The fourth-order valence-corrected chi connectivity index (χ4v) is 13.4. The minimum Gasteiger partial charge on any atom is -0.309 e. The fourth-order valence-electron chi connectivity index (χ4n) is 12.3. The van der Waals surface area contributed by atoms with Crippen LogP contribution in [0.15, 0.2) is 285 Å². The number of benzene rings is 12. The Morgan fingerprint density at radius 2 is 0.716 bits per heavy atom. The molecule has 16 aromatic rings. The lowest BCUT2D eigenvalue weighted by Crippen LogP contribution is -2.04. The van der Waals surface area contributed by atoms with Crippen LogP contribution in [0, 0.1) is 0 Å². The van der Waals surface area contributed by atoms with Gasteiger partial charge < -0.3 is 9.13 Å². The van der Waals surface area contributed by atoms with Crippen molar-refractivity contribution in [2.45, 2.75) is 0 Å². The predicted molar refractivity (Wildman–Crippen MR) is 339 cm³/mol. The molecule has 378 valence electrons. The Kier molecular flexibility index (Phi) is 11.0. The molecular weight excluding hydrogens is 1000 g/mol. The molecule has 0 aliphatic heterocycles. The van der Waals surface area contributed by atoms with Crippen molar-refractivity contribution in [2.75, 3.05) is 0 Å². The first-order chi connectivity index (χ1) is 40.2. The van der Waals surface area contributed by atoms with Gasteiger partial charge in [0.2, 0.25) is 0 Å². The second-order valence-corrected chi connectivity index (χ2v) is 21.8. The maximum Gasteiger partial charge on any atom is 0.166 e. The van der Waals surface area contributed by atoms with Gasteiger partial charge in [0, 0.05) is 64.1 Å². The summed E-state index contributed by atoms with van der Waals surface area (Å²) in [4.78, 5) is 16.4. The first-order valence-corrected chi connectivity index (χ1v) is 28.2. The summed E-state index contributed by atoms with van der Waals surface area (Å²) >= 11 is 1.81. The smallest absolute Gasteiger partial charge is 0.166 e. The summed E-state index contributed by atoms with van der Waals surface area (Å²) < 4.78 is 7.36. The van der Waals surface area contributed by atoms with Crippen molar-refractivity contribution >= 4 is 75.1 Å². The molecule has 4 heterocycles. The molecule has 0 saturated carbocycles. The van der Waals surface area contributed by atoms with Crippen molar-refractivity contribution in [2.24, 2.45) is 0 Å². The highest BCUT2D eigenvalue weighted by molar-refractivity contribution is 7.25. The van der Waals surface area contributed by atoms with Gasteiger partial charge in [-0.05, 0) is 123 Å². The zero-order chi connectivity index (χ0) is 53.4. The predicted octanol–water partition coefficient (Wildman–Crippen LogP) is 20.1. The summed E-state index contributed by atoms with van der Waals surface area (Å²) in [5.74, 6) is 1.79. The molecule has 0 aliphatic carbocycles. The maximum atomic E-state index is 5.53. The summed E-state index contributed by atoms with van der Waals surface area (Å²) in [6.07, 6.45) is 0. The molecule has 0 spiro atoms. The van der Waals surface area contributed by atoms with Crippen molar-refractivity contribution < 1.29 is 0 Å². The summed E-state index contributed by atoms with van der Waals surface area (Å²) in [6.45, 7) is 0. The SMILES string of the molecule is c1ccc(-c2cccc(-c3nc(-c4ccc5sc6ccccc6c5c4)nc(-c4ccc(-c5ccccc5)cc4-n4c5ccccc5c5c(-c6cccc7c6c6ccc(-c8ccccc8)cc6n7-c6ccccc6)cccc54)n3)c2)cc1. The summed E-state index contributed by atoms with van der Waals surface area (Å²) in [5, 5.41) is 7.15. The Balaban J connectivity index is 0.952. The minimum absolute atomic E-state index is 0.584. The third-order valence-electron chi connectivity index (χ3n) is 16.0. The fraction of sp³-hybridized carbons (Fsp3) is 0. The average Bonchev–Trinajstić information content (AvgIpc) is 4.43. The molecule has 0 unspecified atom stereocenters. The third kappa shape index (κ3) is 7.87. The van der Waals surface area contributed by atoms with Crippen LogP contribution in [-0.4, -0.2) is 24.1 Å². The Labute approximate surface area is 471 Å². The molecular formula is C75H47N5S. The van der Waals surface area contributed by atoms with Crippen LogP contribution in [0.3, 0.4) is 0 Å². The molecule has 0 amide bonds. The standard InChI is InChI=1S/C75H47N5S/c1-5-20-48(21-6-1)51-26-17-27-54(44-51)73-76-74(55-40-43-70-63(45-55)57-30-14-16-37-69(57)81-70)78-75(77-73)62-42-39-53(50-24-9-3-10-25-50)47-68(62)80-64-34-15-13-31-60(64)71-58(33-19-36-66(71)80)59-32-18-35-65-72(59)61-41-38-52(49-22-7-2-8-23-49)46-67(61)79(65)56-28-11-4-12-29-56/h1-47H. The molecule has 81 heavy (non-hydrogen) atoms. The van der Waals surface area contributed by atoms with Gasteiger partial charge in [-0.15, -0.1) is 11.3 Å². The van der Waals surface area contributed by atoms with Gasteiger partial charge in [0.15, 0.2) is 17.5 Å². The molecule has 0 atom stereocenters. The lowest BCUT2D eigenvalue weighted by molar-refractivity contribution is 1.07. The van der Waals surface area contributed by atoms with Gasteiger partial charge in [-0.3, -0.25) is 0 Å². The monoisotopic (exact) mass is 1050 g/mol. The topological polar surface area (TPSA) is 48.5 Å². The zero-order valence-corrected chi connectivity index (χ0v) is 44.6. The van der Waals surface area contributed by atoms with E-state index in [1.54, 1.807) is 0 Å². The molecule has 0 saturated heterocycles. The Hall–Kier alpha value is -10.5. The third-order valence-corrected chi connectivity index (χ3v) is 17.1. The molecule has 12 aromatic carbocycles. The van der Waals surface area contributed by atoms with Gasteiger partial charge in [-0.2, -0.15) is 0 Å². The Morgan fingerprint density at radius 3 is 1.41 bits per heavy atom. The number of hydrogen-bond acceptors (Lipinski definition) is 4. The van der Waals surface area contributed by atoms with Crippen molar-refractivity contribution in [3.05, 3.63) is 285 Å². The van der Waals surface area contributed by atoms with Gasteiger partial charge in [0.05, 0.1) is 27.8 Å².